The van der Waals surface area contributed by atoms with Crippen LogP contribution in [-0.2, 0) is 17.4 Å². The smallest absolute Gasteiger partial charge is 0.416 e. The monoisotopic (exact) mass is 504 g/mol. The van der Waals surface area contributed by atoms with Crippen LogP contribution in [0.3, 0.4) is 0 Å². The summed E-state index contributed by atoms with van der Waals surface area (Å²) in [6, 6.07) is 17.7. The highest BCUT2D eigenvalue weighted by Crippen LogP contribution is 2.29. The van der Waals surface area contributed by atoms with E-state index in [9.17, 15) is 22.8 Å². The number of hydrogen-bond acceptors (Lipinski definition) is 4. The van der Waals surface area contributed by atoms with Crippen LogP contribution in [0.25, 0.3) is 0 Å². The Hall–Kier alpha value is -3.46. The number of rotatable bonds is 6. The predicted molar refractivity (Wildman–Crippen MR) is 116 cm³/mol. The van der Waals surface area contributed by atoms with E-state index in [0.717, 1.165) is 16.6 Å². The molecule has 0 saturated carbocycles. The van der Waals surface area contributed by atoms with Crippen molar-refractivity contribution in [2.45, 2.75) is 12.6 Å². The average molecular weight is 505 g/mol. The van der Waals surface area contributed by atoms with E-state index in [-0.39, 0.29) is 12.0 Å². The summed E-state index contributed by atoms with van der Waals surface area (Å²) in [5.41, 5.74) is 2.71. The molecule has 0 radical (unpaired) electrons. The number of benzene rings is 3. The number of carbonyl (C=O) groups excluding carboxylic acids is 2. The molecule has 164 valence electrons. The van der Waals surface area contributed by atoms with Crippen molar-refractivity contribution in [1.29, 1.82) is 0 Å². The van der Waals surface area contributed by atoms with E-state index in [0.29, 0.717) is 16.9 Å². The molecule has 0 aromatic heterocycles. The van der Waals surface area contributed by atoms with Gasteiger partial charge in [0, 0.05) is 4.47 Å². The van der Waals surface area contributed by atoms with Gasteiger partial charge in [-0.1, -0.05) is 34.1 Å². The summed E-state index contributed by atoms with van der Waals surface area (Å²) in [6.07, 6.45) is -3.35. The van der Waals surface area contributed by atoms with Gasteiger partial charge in [0.1, 0.15) is 5.75 Å². The Labute approximate surface area is 190 Å². The third-order valence-electron chi connectivity index (χ3n) is 4.19. The number of carbonyl (C=O) groups is 2. The fourth-order valence-electron chi connectivity index (χ4n) is 2.64. The fraction of sp³-hybridized carbons (Fsp3) is 0.0870. The van der Waals surface area contributed by atoms with Crippen LogP contribution in [-0.4, -0.2) is 18.1 Å². The molecule has 0 unspecified atom stereocenters. The highest BCUT2D eigenvalue weighted by Gasteiger charge is 2.30. The number of hydrazone groups is 1. The zero-order valence-corrected chi connectivity index (χ0v) is 18.0. The van der Waals surface area contributed by atoms with Gasteiger partial charge in [0.25, 0.3) is 0 Å². The van der Waals surface area contributed by atoms with Crippen molar-refractivity contribution in [3.63, 3.8) is 0 Å². The minimum atomic E-state index is -4.47. The summed E-state index contributed by atoms with van der Waals surface area (Å²) in [6.45, 7) is 0. The average Bonchev–Trinajstić information content (AvgIpc) is 2.75. The molecule has 5 nitrogen and oxygen atoms in total. The molecule has 0 atom stereocenters. The molecule has 0 bridgehead atoms. The van der Waals surface area contributed by atoms with Crippen LogP contribution in [0.4, 0.5) is 13.2 Å². The second-order valence-electron chi connectivity index (χ2n) is 6.63. The maximum absolute atomic E-state index is 12.7. The Bertz CT molecular complexity index is 1130. The molecule has 0 heterocycles. The second kappa shape index (κ2) is 10.2. The zero-order valence-electron chi connectivity index (χ0n) is 16.4. The van der Waals surface area contributed by atoms with Gasteiger partial charge in [-0.15, -0.1) is 0 Å². The van der Waals surface area contributed by atoms with E-state index in [1.54, 1.807) is 48.5 Å². The first-order valence-electron chi connectivity index (χ1n) is 9.26. The number of halogens is 4. The van der Waals surface area contributed by atoms with Gasteiger partial charge >= 0.3 is 12.1 Å². The van der Waals surface area contributed by atoms with Crippen molar-refractivity contribution >= 4 is 34.0 Å². The predicted octanol–water partition coefficient (Wildman–Crippen LogP) is 5.38. The van der Waals surface area contributed by atoms with Crippen molar-refractivity contribution in [2.24, 2.45) is 5.10 Å². The van der Waals surface area contributed by atoms with Crippen LogP contribution in [0.2, 0.25) is 0 Å². The Morgan fingerprint density at radius 1 is 1.00 bits per heavy atom. The normalized spacial score (nSPS) is 11.4. The van der Waals surface area contributed by atoms with E-state index in [2.05, 4.69) is 26.5 Å². The quantitative estimate of drug-likeness (QED) is 0.212. The van der Waals surface area contributed by atoms with Gasteiger partial charge in [0.15, 0.2) is 0 Å². The lowest BCUT2D eigenvalue weighted by Gasteiger charge is -2.08. The lowest BCUT2D eigenvalue weighted by Crippen LogP contribution is -2.20. The van der Waals surface area contributed by atoms with Crippen LogP contribution in [0.1, 0.15) is 27.0 Å². The number of esters is 1. The molecule has 3 rings (SSSR count). The molecule has 3 aromatic rings. The first kappa shape index (κ1) is 23.2. The Morgan fingerprint density at radius 3 is 2.34 bits per heavy atom. The number of hydrogen-bond donors (Lipinski definition) is 1. The highest BCUT2D eigenvalue weighted by molar-refractivity contribution is 9.10. The first-order valence-corrected chi connectivity index (χ1v) is 10.1. The van der Waals surface area contributed by atoms with Gasteiger partial charge in [0.2, 0.25) is 5.91 Å². The van der Waals surface area contributed by atoms with Crippen LogP contribution >= 0.6 is 15.9 Å². The first-order chi connectivity index (χ1) is 15.2. The third-order valence-corrected chi connectivity index (χ3v) is 4.72. The maximum atomic E-state index is 12.7. The van der Waals surface area contributed by atoms with E-state index in [4.69, 9.17) is 4.74 Å². The van der Waals surface area contributed by atoms with E-state index in [1.165, 1.54) is 18.3 Å². The van der Waals surface area contributed by atoms with Gasteiger partial charge in [0.05, 0.1) is 23.8 Å². The van der Waals surface area contributed by atoms with Crippen molar-refractivity contribution in [2.75, 3.05) is 0 Å². The van der Waals surface area contributed by atoms with E-state index in [1.807, 2.05) is 0 Å². The van der Waals surface area contributed by atoms with Gasteiger partial charge in [-0.3, -0.25) is 4.79 Å². The molecule has 0 spiro atoms. The standard InChI is InChI=1S/C23H16BrF3N2O3/c24-19-8-6-17(7-9-19)22(31)32-20-10-4-15(5-11-20)14-28-29-21(30)13-16-2-1-3-18(12-16)23(25,26)27/h1-12,14H,13H2,(H,29,30)/b28-14-. The number of nitrogens with zero attached hydrogens (tertiary/aromatic N) is 1. The number of nitrogens with one attached hydrogen (secondary N) is 1. The largest absolute Gasteiger partial charge is 0.423 e. The fourth-order valence-corrected chi connectivity index (χ4v) is 2.90. The van der Waals surface area contributed by atoms with Crippen LogP contribution in [0.15, 0.2) is 82.4 Å². The third kappa shape index (κ3) is 6.78. The molecule has 0 aliphatic rings. The molecule has 9 heteroatoms. The van der Waals surface area contributed by atoms with Crippen LogP contribution < -0.4 is 10.2 Å². The van der Waals surface area contributed by atoms with Crippen molar-refractivity contribution in [1.82, 2.24) is 5.43 Å². The summed E-state index contributed by atoms with van der Waals surface area (Å²) in [7, 11) is 0. The summed E-state index contributed by atoms with van der Waals surface area (Å²) in [4.78, 5) is 24.0. The molecule has 0 saturated heterocycles. The molecular formula is C23H16BrF3N2O3. The molecule has 0 aliphatic heterocycles. The molecule has 0 aliphatic carbocycles. The van der Waals surface area contributed by atoms with Crippen LogP contribution in [0.5, 0.6) is 5.75 Å². The molecule has 1 N–H and O–H groups in total. The van der Waals surface area contributed by atoms with E-state index >= 15 is 0 Å². The summed E-state index contributed by atoms with van der Waals surface area (Å²) < 4.78 is 44.4. The topological polar surface area (TPSA) is 67.8 Å². The summed E-state index contributed by atoms with van der Waals surface area (Å²) >= 11 is 3.29. The molecular weight excluding hydrogens is 489 g/mol. The summed E-state index contributed by atoms with van der Waals surface area (Å²) in [5, 5.41) is 3.80. The van der Waals surface area contributed by atoms with Gasteiger partial charge in [-0.2, -0.15) is 18.3 Å². The Morgan fingerprint density at radius 2 is 1.69 bits per heavy atom. The minimum Gasteiger partial charge on any atom is -0.423 e. The minimum absolute atomic E-state index is 0.226. The SMILES string of the molecule is O=C(Cc1cccc(C(F)(F)F)c1)N/N=C\c1ccc(OC(=O)c2ccc(Br)cc2)cc1. The van der Waals surface area contributed by atoms with Gasteiger partial charge in [-0.25, -0.2) is 10.2 Å². The van der Waals surface area contributed by atoms with E-state index < -0.39 is 23.6 Å². The number of alkyl halides is 3. The van der Waals surface area contributed by atoms with Gasteiger partial charge in [-0.05, 0) is 65.7 Å². The summed E-state index contributed by atoms with van der Waals surface area (Å²) in [5.74, 6) is -0.718. The van der Waals surface area contributed by atoms with Crippen molar-refractivity contribution in [3.05, 3.63) is 99.5 Å². The van der Waals surface area contributed by atoms with Crippen LogP contribution in [0, 0.1) is 0 Å². The lowest BCUT2D eigenvalue weighted by molar-refractivity contribution is -0.137. The molecule has 3 aromatic carbocycles. The number of amides is 1. The Balaban J connectivity index is 1.52. The lowest BCUT2D eigenvalue weighted by atomic mass is 10.1. The highest BCUT2D eigenvalue weighted by atomic mass is 79.9. The molecule has 1 amide bonds. The maximum Gasteiger partial charge on any atom is 0.416 e. The van der Waals surface area contributed by atoms with Gasteiger partial charge < -0.3 is 4.74 Å². The zero-order chi connectivity index (χ0) is 23.1. The Kier molecular flexibility index (Phi) is 7.42. The van der Waals surface area contributed by atoms with Crippen molar-refractivity contribution in [3.8, 4) is 5.75 Å². The molecule has 0 fully saturated rings. The molecule has 32 heavy (non-hydrogen) atoms. The number of ether oxygens (including phenoxy) is 1. The second-order valence-corrected chi connectivity index (χ2v) is 7.55. The van der Waals surface area contributed by atoms with Crippen molar-refractivity contribution < 1.29 is 27.5 Å².